The van der Waals surface area contributed by atoms with Gasteiger partial charge in [-0.15, -0.1) is 0 Å². The first-order valence-corrected chi connectivity index (χ1v) is 10.7. The Labute approximate surface area is 164 Å². The van der Waals surface area contributed by atoms with E-state index < -0.39 is 10.0 Å². The van der Waals surface area contributed by atoms with Crippen molar-refractivity contribution in [2.75, 3.05) is 13.1 Å². The molecule has 1 unspecified atom stereocenters. The SMILES string of the molecule is Cc1ccc(S(=O)(=O)N2CCCC(c3nc(-c4ccccn4)no3)C2)cc1C. The Hall–Kier alpha value is -2.58. The summed E-state index contributed by atoms with van der Waals surface area (Å²) in [5.41, 5.74) is 2.67. The van der Waals surface area contributed by atoms with Crippen molar-refractivity contribution in [2.45, 2.75) is 37.5 Å². The third-order valence-corrected chi connectivity index (χ3v) is 7.05. The van der Waals surface area contributed by atoms with Gasteiger partial charge in [0.2, 0.25) is 21.7 Å². The quantitative estimate of drug-likeness (QED) is 0.670. The lowest BCUT2D eigenvalue weighted by Gasteiger charge is -2.30. The molecule has 7 nitrogen and oxygen atoms in total. The van der Waals surface area contributed by atoms with E-state index in [2.05, 4.69) is 15.1 Å². The average Bonchev–Trinajstić information content (AvgIpc) is 3.21. The fourth-order valence-electron chi connectivity index (χ4n) is 3.39. The number of nitrogens with zero attached hydrogens (tertiary/aromatic N) is 4. The molecule has 2 aromatic heterocycles. The van der Waals surface area contributed by atoms with Gasteiger partial charge < -0.3 is 4.52 Å². The van der Waals surface area contributed by atoms with Crippen molar-refractivity contribution in [1.29, 1.82) is 0 Å². The molecule has 1 saturated heterocycles. The van der Waals surface area contributed by atoms with Crippen molar-refractivity contribution in [2.24, 2.45) is 0 Å². The fraction of sp³-hybridized carbons (Fsp3) is 0.350. The molecule has 1 atom stereocenters. The van der Waals surface area contributed by atoms with Crippen molar-refractivity contribution in [1.82, 2.24) is 19.4 Å². The van der Waals surface area contributed by atoms with Gasteiger partial charge in [0.25, 0.3) is 0 Å². The van der Waals surface area contributed by atoms with E-state index >= 15 is 0 Å². The van der Waals surface area contributed by atoms with E-state index in [1.54, 1.807) is 18.3 Å². The number of piperidine rings is 1. The summed E-state index contributed by atoms with van der Waals surface area (Å²) < 4.78 is 33.2. The number of aromatic nitrogens is 3. The predicted molar refractivity (Wildman–Crippen MR) is 104 cm³/mol. The molecule has 0 radical (unpaired) electrons. The maximum atomic E-state index is 13.1. The van der Waals surface area contributed by atoms with Crippen LogP contribution in [0.1, 0.15) is 35.8 Å². The number of rotatable bonds is 4. The van der Waals surface area contributed by atoms with Gasteiger partial charge in [0, 0.05) is 19.3 Å². The van der Waals surface area contributed by atoms with Crippen LogP contribution in [-0.2, 0) is 10.0 Å². The second-order valence-electron chi connectivity index (χ2n) is 7.12. The van der Waals surface area contributed by atoms with Gasteiger partial charge in [-0.2, -0.15) is 9.29 Å². The first kappa shape index (κ1) is 18.8. The van der Waals surface area contributed by atoms with Crippen LogP contribution in [0, 0.1) is 13.8 Å². The highest BCUT2D eigenvalue weighted by molar-refractivity contribution is 7.89. The average molecular weight is 398 g/mol. The first-order valence-electron chi connectivity index (χ1n) is 9.27. The van der Waals surface area contributed by atoms with Crippen LogP contribution in [0.2, 0.25) is 0 Å². The molecule has 3 aromatic rings. The summed E-state index contributed by atoms with van der Waals surface area (Å²) in [7, 11) is -3.56. The zero-order valence-electron chi connectivity index (χ0n) is 15.9. The van der Waals surface area contributed by atoms with E-state index in [-0.39, 0.29) is 5.92 Å². The smallest absolute Gasteiger partial charge is 0.243 e. The van der Waals surface area contributed by atoms with Gasteiger partial charge in [0.1, 0.15) is 5.69 Å². The number of hydrogen-bond donors (Lipinski definition) is 0. The summed E-state index contributed by atoms with van der Waals surface area (Å²) in [4.78, 5) is 9.01. The lowest BCUT2D eigenvalue weighted by atomic mass is 10.00. The number of aryl methyl sites for hydroxylation is 2. The molecule has 1 fully saturated rings. The zero-order chi connectivity index (χ0) is 19.7. The summed E-state index contributed by atoms with van der Waals surface area (Å²) in [5.74, 6) is 0.755. The van der Waals surface area contributed by atoms with E-state index in [0.717, 1.165) is 24.0 Å². The summed E-state index contributed by atoms with van der Waals surface area (Å²) >= 11 is 0. The molecule has 0 saturated carbocycles. The third-order valence-electron chi connectivity index (χ3n) is 5.19. The Kier molecular flexibility index (Phi) is 4.99. The van der Waals surface area contributed by atoms with Crippen LogP contribution in [0.3, 0.4) is 0 Å². The van der Waals surface area contributed by atoms with Crippen molar-refractivity contribution in [3.05, 3.63) is 59.6 Å². The van der Waals surface area contributed by atoms with Crippen molar-refractivity contribution in [3.63, 3.8) is 0 Å². The molecule has 0 aliphatic carbocycles. The van der Waals surface area contributed by atoms with Crippen molar-refractivity contribution in [3.8, 4) is 11.5 Å². The highest BCUT2D eigenvalue weighted by atomic mass is 32.2. The van der Waals surface area contributed by atoms with E-state index in [1.807, 2.05) is 38.1 Å². The minimum Gasteiger partial charge on any atom is -0.339 e. The van der Waals surface area contributed by atoms with Gasteiger partial charge in [0.15, 0.2) is 0 Å². The van der Waals surface area contributed by atoms with Crippen LogP contribution in [0.25, 0.3) is 11.5 Å². The lowest BCUT2D eigenvalue weighted by molar-refractivity contribution is 0.265. The van der Waals surface area contributed by atoms with Gasteiger partial charge in [-0.1, -0.05) is 17.3 Å². The maximum Gasteiger partial charge on any atom is 0.243 e. The molecule has 3 heterocycles. The Balaban J connectivity index is 1.56. The fourth-order valence-corrected chi connectivity index (χ4v) is 5.00. The van der Waals surface area contributed by atoms with Crippen LogP contribution >= 0.6 is 0 Å². The molecule has 1 aliphatic heterocycles. The molecule has 0 bridgehead atoms. The molecule has 8 heteroatoms. The van der Waals surface area contributed by atoms with Crippen LogP contribution in [-0.4, -0.2) is 40.9 Å². The summed E-state index contributed by atoms with van der Waals surface area (Å²) in [6.45, 7) is 4.72. The predicted octanol–water partition coefficient (Wildman–Crippen LogP) is 3.32. The molecule has 0 N–H and O–H groups in total. The minimum absolute atomic E-state index is 0.125. The Morgan fingerprint density at radius 2 is 2.00 bits per heavy atom. The van der Waals surface area contributed by atoms with E-state index in [4.69, 9.17) is 4.52 Å². The van der Waals surface area contributed by atoms with Crippen molar-refractivity contribution < 1.29 is 12.9 Å². The first-order chi connectivity index (χ1) is 13.4. The van der Waals surface area contributed by atoms with E-state index in [0.29, 0.717) is 35.4 Å². The van der Waals surface area contributed by atoms with Crippen molar-refractivity contribution >= 4 is 10.0 Å². The second kappa shape index (κ2) is 7.44. The number of hydrogen-bond acceptors (Lipinski definition) is 6. The van der Waals surface area contributed by atoms with Gasteiger partial charge in [-0.05, 0) is 62.1 Å². The maximum absolute atomic E-state index is 13.1. The molecular weight excluding hydrogens is 376 g/mol. The number of pyridine rings is 1. The summed E-state index contributed by atoms with van der Waals surface area (Å²) in [5, 5.41) is 4.01. The minimum atomic E-state index is -3.56. The normalized spacial score (nSPS) is 18.3. The van der Waals surface area contributed by atoms with Gasteiger partial charge in [-0.3, -0.25) is 4.98 Å². The number of benzene rings is 1. The molecule has 0 spiro atoms. The third kappa shape index (κ3) is 3.57. The van der Waals surface area contributed by atoms with Crippen LogP contribution in [0.4, 0.5) is 0 Å². The second-order valence-corrected chi connectivity index (χ2v) is 9.06. The standard InChI is InChI=1S/C20H22N4O3S/c1-14-8-9-17(12-15(14)2)28(25,26)24-11-5-6-16(13-24)20-22-19(23-27-20)18-7-3-4-10-21-18/h3-4,7-10,12,16H,5-6,11,13H2,1-2H3. The topological polar surface area (TPSA) is 89.2 Å². The molecule has 0 amide bonds. The Morgan fingerprint density at radius 1 is 1.14 bits per heavy atom. The molecule has 1 aliphatic rings. The van der Waals surface area contributed by atoms with E-state index in [9.17, 15) is 8.42 Å². The largest absolute Gasteiger partial charge is 0.339 e. The van der Waals surface area contributed by atoms with Gasteiger partial charge in [-0.25, -0.2) is 8.42 Å². The summed E-state index contributed by atoms with van der Waals surface area (Å²) in [6.07, 6.45) is 3.22. The van der Waals surface area contributed by atoms with Crippen LogP contribution in [0.5, 0.6) is 0 Å². The Bertz CT molecular complexity index is 1080. The van der Waals surface area contributed by atoms with E-state index in [1.165, 1.54) is 4.31 Å². The summed E-state index contributed by atoms with van der Waals surface area (Å²) in [6, 6.07) is 10.7. The van der Waals surface area contributed by atoms with Crippen LogP contribution in [0.15, 0.2) is 52.0 Å². The Morgan fingerprint density at radius 3 is 2.75 bits per heavy atom. The van der Waals surface area contributed by atoms with Gasteiger partial charge in [0.05, 0.1) is 10.8 Å². The molecule has 146 valence electrons. The highest BCUT2D eigenvalue weighted by Crippen LogP contribution is 2.30. The molecule has 1 aromatic carbocycles. The molecule has 4 rings (SSSR count). The molecule has 28 heavy (non-hydrogen) atoms. The lowest BCUT2D eigenvalue weighted by Crippen LogP contribution is -2.39. The molecular formula is C20H22N4O3S. The van der Waals surface area contributed by atoms with Crippen LogP contribution < -0.4 is 0 Å². The highest BCUT2D eigenvalue weighted by Gasteiger charge is 2.33. The zero-order valence-corrected chi connectivity index (χ0v) is 16.7. The van der Waals surface area contributed by atoms with Gasteiger partial charge >= 0.3 is 0 Å². The number of sulfonamides is 1. The monoisotopic (exact) mass is 398 g/mol.